The summed E-state index contributed by atoms with van der Waals surface area (Å²) in [6.07, 6.45) is 5.18. The van der Waals surface area contributed by atoms with E-state index in [9.17, 15) is 4.79 Å². The van der Waals surface area contributed by atoms with Crippen LogP contribution in [0.2, 0.25) is 0 Å². The van der Waals surface area contributed by atoms with Crippen LogP contribution in [0.3, 0.4) is 0 Å². The van der Waals surface area contributed by atoms with Crippen LogP contribution < -0.4 is 0 Å². The SMILES string of the molecule is C=CC(=O)C(C)(C)C1CCC1. The molecule has 0 N–H and O–H groups in total. The molecule has 0 aromatic rings. The fraction of sp³-hybridized carbons (Fsp3) is 0.700. The Bertz CT molecular complexity index is 175. The lowest BCUT2D eigenvalue weighted by Crippen LogP contribution is -2.35. The number of hydrogen-bond donors (Lipinski definition) is 0. The minimum absolute atomic E-state index is 0.153. The zero-order valence-electron chi connectivity index (χ0n) is 7.39. The molecule has 0 amide bonds. The van der Waals surface area contributed by atoms with Crippen LogP contribution in [-0.4, -0.2) is 5.78 Å². The molecule has 1 aliphatic carbocycles. The second-order valence-electron chi connectivity index (χ2n) is 3.92. The summed E-state index contributed by atoms with van der Waals surface area (Å²) in [6, 6.07) is 0. The van der Waals surface area contributed by atoms with Gasteiger partial charge in [0, 0.05) is 5.41 Å². The van der Waals surface area contributed by atoms with E-state index in [1.54, 1.807) is 0 Å². The Kier molecular flexibility index (Phi) is 2.17. The maximum Gasteiger partial charge on any atom is 0.160 e. The van der Waals surface area contributed by atoms with Crippen molar-refractivity contribution in [1.29, 1.82) is 0 Å². The Morgan fingerprint density at radius 2 is 2.09 bits per heavy atom. The number of rotatable bonds is 3. The molecule has 0 aliphatic heterocycles. The Hall–Kier alpha value is -0.590. The van der Waals surface area contributed by atoms with Gasteiger partial charge in [0.15, 0.2) is 5.78 Å². The Balaban J connectivity index is 2.63. The zero-order valence-corrected chi connectivity index (χ0v) is 7.39. The van der Waals surface area contributed by atoms with Crippen LogP contribution in [0.1, 0.15) is 33.1 Å². The molecule has 1 nitrogen and oxygen atoms in total. The molecule has 0 saturated heterocycles. The Labute approximate surface area is 68.5 Å². The fourth-order valence-corrected chi connectivity index (χ4v) is 1.59. The smallest absolute Gasteiger partial charge is 0.160 e. The normalized spacial score (nSPS) is 19.1. The van der Waals surface area contributed by atoms with Crippen molar-refractivity contribution in [2.45, 2.75) is 33.1 Å². The Morgan fingerprint density at radius 3 is 2.36 bits per heavy atom. The highest BCUT2D eigenvalue weighted by Crippen LogP contribution is 2.42. The molecule has 62 valence electrons. The summed E-state index contributed by atoms with van der Waals surface area (Å²) in [4.78, 5) is 11.3. The molecule has 0 unspecified atom stereocenters. The second kappa shape index (κ2) is 2.80. The molecule has 1 aliphatic rings. The predicted molar refractivity (Wildman–Crippen MR) is 46.3 cm³/mol. The summed E-state index contributed by atoms with van der Waals surface area (Å²) in [7, 11) is 0. The average molecular weight is 152 g/mol. The summed E-state index contributed by atoms with van der Waals surface area (Å²) in [5.74, 6) is 0.801. The molecule has 0 aromatic carbocycles. The van der Waals surface area contributed by atoms with Crippen LogP contribution in [0.15, 0.2) is 12.7 Å². The van der Waals surface area contributed by atoms with Gasteiger partial charge < -0.3 is 0 Å². The molecular formula is C10H16O. The van der Waals surface area contributed by atoms with Gasteiger partial charge in [0.05, 0.1) is 0 Å². The van der Waals surface area contributed by atoms with E-state index in [1.165, 1.54) is 25.3 Å². The largest absolute Gasteiger partial charge is 0.294 e. The van der Waals surface area contributed by atoms with Crippen molar-refractivity contribution >= 4 is 5.78 Å². The highest BCUT2D eigenvalue weighted by atomic mass is 16.1. The summed E-state index contributed by atoms with van der Waals surface area (Å²) >= 11 is 0. The summed E-state index contributed by atoms with van der Waals surface area (Å²) < 4.78 is 0. The number of ketones is 1. The van der Waals surface area contributed by atoms with Gasteiger partial charge in [-0.3, -0.25) is 4.79 Å². The van der Waals surface area contributed by atoms with Gasteiger partial charge in [0.1, 0.15) is 0 Å². The molecule has 11 heavy (non-hydrogen) atoms. The molecule has 1 fully saturated rings. The monoisotopic (exact) mass is 152 g/mol. The molecular weight excluding hydrogens is 136 g/mol. The van der Waals surface area contributed by atoms with Crippen LogP contribution in [0, 0.1) is 11.3 Å². The van der Waals surface area contributed by atoms with Crippen LogP contribution >= 0.6 is 0 Å². The van der Waals surface area contributed by atoms with E-state index in [0.29, 0.717) is 5.92 Å². The molecule has 0 bridgehead atoms. The number of carbonyl (C=O) groups is 1. The van der Waals surface area contributed by atoms with Gasteiger partial charge in [0.25, 0.3) is 0 Å². The van der Waals surface area contributed by atoms with E-state index >= 15 is 0 Å². The molecule has 0 aromatic heterocycles. The van der Waals surface area contributed by atoms with E-state index in [4.69, 9.17) is 0 Å². The summed E-state index contributed by atoms with van der Waals surface area (Å²) in [5.41, 5.74) is -0.153. The van der Waals surface area contributed by atoms with Gasteiger partial charge in [0.2, 0.25) is 0 Å². The number of carbonyl (C=O) groups excluding carboxylic acids is 1. The third-order valence-corrected chi connectivity index (χ3v) is 2.95. The van der Waals surface area contributed by atoms with E-state index in [2.05, 4.69) is 6.58 Å². The molecule has 0 atom stereocenters. The van der Waals surface area contributed by atoms with Gasteiger partial charge in [-0.2, -0.15) is 0 Å². The topological polar surface area (TPSA) is 17.1 Å². The molecule has 0 radical (unpaired) electrons. The fourth-order valence-electron chi connectivity index (χ4n) is 1.59. The van der Waals surface area contributed by atoms with Gasteiger partial charge in [-0.25, -0.2) is 0 Å². The van der Waals surface area contributed by atoms with E-state index in [0.717, 1.165) is 0 Å². The first-order valence-electron chi connectivity index (χ1n) is 4.26. The van der Waals surface area contributed by atoms with Crippen LogP contribution in [0.25, 0.3) is 0 Å². The highest BCUT2D eigenvalue weighted by Gasteiger charge is 2.37. The van der Waals surface area contributed by atoms with E-state index in [1.807, 2.05) is 13.8 Å². The van der Waals surface area contributed by atoms with Crippen LogP contribution in [0.5, 0.6) is 0 Å². The maximum atomic E-state index is 11.3. The summed E-state index contributed by atoms with van der Waals surface area (Å²) in [6.45, 7) is 7.58. The summed E-state index contributed by atoms with van der Waals surface area (Å²) in [5, 5.41) is 0. The number of hydrogen-bond acceptors (Lipinski definition) is 1. The van der Waals surface area contributed by atoms with Crippen molar-refractivity contribution in [3.63, 3.8) is 0 Å². The van der Waals surface area contributed by atoms with Gasteiger partial charge in [-0.05, 0) is 24.8 Å². The quantitative estimate of drug-likeness (QED) is 0.568. The third kappa shape index (κ3) is 1.37. The standard InChI is InChI=1S/C10H16O/c1-4-9(11)10(2,3)8-6-5-7-8/h4,8H,1,5-7H2,2-3H3. The van der Waals surface area contributed by atoms with Crippen molar-refractivity contribution in [3.05, 3.63) is 12.7 Å². The van der Waals surface area contributed by atoms with Crippen molar-refractivity contribution in [2.24, 2.45) is 11.3 Å². The lowest BCUT2D eigenvalue weighted by Gasteiger charge is -2.38. The number of allylic oxidation sites excluding steroid dienone is 1. The van der Waals surface area contributed by atoms with Crippen molar-refractivity contribution in [1.82, 2.24) is 0 Å². The van der Waals surface area contributed by atoms with Crippen LogP contribution in [-0.2, 0) is 4.79 Å². The lowest BCUT2D eigenvalue weighted by atomic mass is 9.65. The maximum absolute atomic E-state index is 11.3. The zero-order chi connectivity index (χ0) is 8.48. The van der Waals surface area contributed by atoms with E-state index in [-0.39, 0.29) is 11.2 Å². The lowest BCUT2D eigenvalue weighted by molar-refractivity contribution is -0.126. The first-order valence-corrected chi connectivity index (χ1v) is 4.26. The molecule has 1 saturated carbocycles. The van der Waals surface area contributed by atoms with Crippen molar-refractivity contribution in [2.75, 3.05) is 0 Å². The van der Waals surface area contributed by atoms with Gasteiger partial charge in [-0.1, -0.05) is 26.8 Å². The first kappa shape index (κ1) is 8.51. The molecule has 0 heterocycles. The highest BCUT2D eigenvalue weighted by molar-refractivity contribution is 5.94. The second-order valence-corrected chi connectivity index (χ2v) is 3.92. The molecule has 1 rings (SSSR count). The minimum atomic E-state index is -0.153. The Morgan fingerprint density at radius 1 is 1.55 bits per heavy atom. The predicted octanol–water partition coefficient (Wildman–Crippen LogP) is 2.57. The minimum Gasteiger partial charge on any atom is -0.294 e. The third-order valence-electron chi connectivity index (χ3n) is 2.95. The molecule has 0 spiro atoms. The van der Waals surface area contributed by atoms with Crippen molar-refractivity contribution < 1.29 is 4.79 Å². The molecule has 1 heteroatoms. The van der Waals surface area contributed by atoms with Gasteiger partial charge >= 0.3 is 0 Å². The van der Waals surface area contributed by atoms with Crippen molar-refractivity contribution in [3.8, 4) is 0 Å². The van der Waals surface area contributed by atoms with Gasteiger partial charge in [-0.15, -0.1) is 0 Å². The average Bonchev–Trinajstić information content (AvgIpc) is 1.81. The van der Waals surface area contributed by atoms with Crippen LogP contribution in [0.4, 0.5) is 0 Å². The first-order chi connectivity index (χ1) is 5.09. The van der Waals surface area contributed by atoms with E-state index < -0.39 is 0 Å².